The predicted octanol–water partition coefficient (Wildman–Crippen LogP) is 16.5. The second-order valence-corrected chi connectivity index (χ2v) is 17.8. The molecule has 0 unspecified atom stereocenters. The summed E-state index contributed by atoms with van der Waals surface area (Å²) in [4.78, 5) is 2.46. The summed E-state index contributed by atoms with van der Waals surface area (Å²) in [6.07, 6.45) is 0. The molecule has 0 aromatic heterocycles. The number of nitrogens with zero attached hydrogens (tertiary/aromatic N) is 1. The van der Waals surface area contributed by atoms with Gasteiger partial charge in [-0.15, -0.1) is 0 Å². The van der Waals surface area contributed by atoms with Crippen molar-refractivity contribution in [3.05, 3.63) is 235 Å². The maximum absolute atomic E-state index is 3.91. The van der Waals surface area contributed by atoms with Crippen LogP contribution in [0.15, 0.2) is 212 Å². The van der Waals surface area contributed by atoms with Crippen molar-refractivity contribution < 1.29 is 0 Å². The molecule has 0 aliphatic heterocycles. The van der Waals surface area contributed by atoms with Crippen LogP contribution in [0.3, 0.4) is 0 Å². The molecule has 0 radical (unpaired) electrons. The van der Waals surface area contributed by atoms with Gasteiger partial charge in [0.25, 0.3) is 0 Å². The molecule has 2 aliphatic rings. The normalized spacial score (nSPS) is 13.7. The first-order chi connectivity index (χ1) is 30.3. The van der Waals surface area contributed by atoms with E-state index in [9.17, 15) is 0 Å². The van der Waals surface area contributed by atoms with Crippen molar-refractivity contribution in [2.75, 3.05) is 10.2 Å². The molecule has 11 rings (SSSR count). The van der Waals surface area contributed by atoms with Gasteiger partial charge in [0, 0.05) is 39.1 Å². The summed E-state index contributed by atoms with van der Waals surface area (Å²) in [6.45, 7) is 9.72. The van der Waals surface area contributed by atoms with E-state index in [0.717, 1.165) is 22.7 Å². The van der Waals surface area contributed by atoms with Crippen molar-refractivity contribution in [1.29, 1.82) is 0 Å². The lowest BCUT2D eigenvalue weighted by molar-refractivity contribution is 0.653. The van der Waals surface area contributed by atoms with E-state index in [1.165, 1.54) is 83.6 Å². The summed E-state index contributed by atoms with van der Waals surface area (Å²) in [7, 11) is 0. The SMILES string of the molecule is CC1(C)c2cc3c(c(-c4cc(-c5ccccc5)ccc4Nc4ccccc4)c2-c2cccc(N(c4ccccc4)c4ccc(-c5ccccc5)cc4)c21)C(C)(C)c1ccccc1-3. The number of hydrogen-bond acceptors (Lipinski definition) is 2. The van der Waals surface area contributed by atoms with E-state index in [-0.39, 0.29) is 10.8 Å². The molecular formula is C60H48N2. The minimum Gasteiger partial charge on any atom is -0.355 e. The summed E-state index contributed by atoms with van der Waals surface area (Å²) in [5.74, 6) is 0. The van der Waals surface area contributed by atoms with Crippen molar-refractivity contribution in [3.8, 4) is 55.6 Å². The van der Waals surface area contributed by atoms with Crippen LogP contribution >= 0.6 is 0 Å². The quantitative estimate of drug-likeness (QED) is 0.165. The highest BCUT2D eigenvalue weighted by Gasteiger charge is 2.46. The predicted molar refractivity (Wildman–Crippen MR) is 262 cm³/mol. The molecule has 0 fully saturated rings. The van der Waals surface area contributed by atoms with Crippen molar-refractivity contribution in [2.45, 2.75) is 38.5 Å². The van der Waals surface area contributed by atoms with Gasteiger partial charge >= 0.3 is 0 Å². The topological polar surface area (TPSA) is 15.3 Å². The molecule has 62 heavy (non-hydrogen) atoms. The van der Waals surface area contributed by atoms with Crippen molar-refractivity contribution in [1.82, 2.24) is 0 Å². The monoisotopic (exact) mass is 796 g/mol. The van der Waals surface area contributed by atoms with Gasteiger partial charge < -0.3 is 10.2 Å². The largest absolute Gasteiger partial charge is 0.355 e. The number of fused-ring (bicyclic) bond motifs is 6. The van der Waals surface area contributed by atoms with Gasteiger partial charge in [0.2, 0.25) is 0 Å². The zero-order chi connectivity index (χ0) is 42.0. The lowest BCUT2D eigenvalue weighted by atomic mass is 9.74. The Kier molecular flexibility index (Phi) is 8.87. The molecule has 1 N–H and O–H groups in total. The lowest BCUT2D eigenvalue weighted by Gasteiger charge is -2.32. The number of rotatable bonds is 8. The smallest absolute Gasteiger partial charge is 0.0508 e. The Hall–Kier alpha value is -7.42. The van der Waals surface area contributed by atoms with Gasteiger partial charge in [-0.2, -0.15) is 0 Å². The van der Waals surface area contributed by atoms with Gasteiger partial charge in [-0.1, -0.05) is 179 Å². The average molecular weight is 797 g/mol. The molecule has 0 heterocycles. The van der Waals surface area contributed by atoms with E-state index < -0.39 is 0 Å². The first-order valence-electron chi connectivity index (χ1n) is 21.8. The zero-order valence-corrected chi connectivity index (χ0v) is 35.7. The number of nitrogens with one attached hydrogen (secondary N) is 1. The van der Waals surface area contributed by atoms with Crippen LogP contribution in [0.1, 0.15) is 49.9 Å². The van der Waals surface area contributed by atoms with Gasteiger partial charge in [-0.3, -0.25) is 0 Å². The van der Waals surface area contributed by atoms with Crippen LogP contribution in [0.4, 0.5) is 28.4 Å². The molecule has 0 saturated carbocycles. The van der Waals surface area contributed by atoms with E-state index in [4.69, 9.17) is 0 Å². The van der Waals surface area contributed by atoms with E-state index in [2.05, 4.69) is 250 Å². The Balaban J connectivity index is 1.20. The maximum Gasteiger partial charge on any atom is 0.0508 e. The third kappa shape index (κ3) is 6.01. The van der Waals surface area contributed by atoms with Crippen LogP contribution in [0.25, 0.3) is 55.6 Å². The first-order valence-corrected chi connectivity index (χ1v) is 21.8. The minimum absolute atomic E-state index is 0.260. The lowest BCUT2D eigenvalue weighted by Crippen LogP contribution is -2.21. The fourth-order valence-electron chi connectivity index (χ4n) is 10.5. The Bertz CT molecular complexity index is 3110. The second-order valence-electron chi connectivity index (χ2n) is 17.8. The summed E-state index contributed by atoms with van der Waals surface area (Å²) in [5.41, 5.74) is 23.0. The first kappa shape index (κ1) is 37.6. The van der Waals surface area contributed by atoms with Gasteiger partial charge in [-0.25, -0.2) is 0 Å². The third-order valence-corrected chi connectivity index (χ3v) is 13.4. The fraction of sp³-hybridized carbons (Fsp3) is 0.100. The van der Waals surface area contributed by atoms with Gasteiger partial charge in [0.15, 0.2) is 0 Å². The molecule has 0 amide bonds. The van der Waals surface area contributed by atoms with Crippen LogP contribution < -0.4 is 10.2 Å². The number of anilines is 5. The molecule has 0 bridgehead atoms. The van der Waals surface area contributed by atoms with Crippen LogP contribution in [-0.2, 0) is 10.8 Å². The molecule has 2 heteroatoms. The van der Waals surface area contributed by atoms with Gasteiger partial charge in [0.05, 0.1) is 5.69 Å². The number of hydrogen-bond donors (Lipinski definition) is 1. The Morgan fingerprint density at radius 1 is 0.355 bits per heavy atom. The summed E-state index contributed by atoms with van der Waals surface area (Å²) in [5, 5.41) is 3.91. The molecule has 9 aromatic carbocycles. The molecule has 9 aromatic rings. The van der Waals surface area contributed by atoms with E-state index in [1.807, 2.05) is 0 Å². The molecule has 2 aliphatic carbocycles. The van der Waals surface area contributed by atoms with Gasteiger partial charge in [-0.05, 0) is 133 Å². The standard InChI is InChI=1S/C60H48N2/c1-59(2)51-30-18-17-28-47(51)49-39-52-55(56(58(49)59)50-38-43(41-22-11-6-12-23-41)34-37-53(50)61-44-24-13-7-14-25-44)48-29-19-31-54(57(48)60(52,3)4)62(45-26-15-8-16-27-45)46-35-32-42(33-36-46)40-20-9-5-10-21-40/h5-39,61H,1-4H3. The molecule has 0 spiro atoms. The van der Waals surface area contributed by atoms with Crippen molar-refractivity contribution in [2.24, 2.45) is 0 Å². The summed E-state index contributed by atoms with van der Waals surface area (Å²) < 4.78 is 0. The van der Waals surface area contributed by atoms with Crippen molar-refractivity contribution >= 4 is 28.4 Å². The minimum atomic E-state index is -0.353. The molecular weight excluding hydrogens is 749 g/mol. The van der Waals surface area contributed by atoms with Crippen LogP contribution in [0.2, 0.25) is 0 Å². The Labute approximate surface area is 365 Å². The Morgan fingerprint density at radius 2 is 0.887 bits per heavy atom. The molecule has 0 atom stereocenters. The molecule has 0 saturated heterocycles. The highest BCUT2D eigenvalue weighted by molar-refractivity contribution is 6.06. The number of benzene rings is 9. The van der Waals surface area contributed by atoms with E-state index in [0.29, 0.717) is 0 Å². The summed E-state index contributed by atoms with van der Waals surface area (Å²) >= 11 is 0. The van der Waals surface area contributed by atoms with E-state index in [1.54, 1.807) is 0 Å². The molecule has 2 nitrogen and oxygen atoms in total. The fourth-order valence-corrected chi connectivity index (χ4v) is 10.5. The number of para-hydroxylation sites is 2. The van der Waals surface area contributed by atoms with Crippen LogP contribution in [0.5, 0.6) is 0 Å². The summed E-state index contributed by atoms with van der Waals surface area (Å²) in [6, 6.07) is 77.6. The molecule has 298 valence electrons. The third-order valence-electron chi connectivity index (χ3n) is 13.4. The second kappa shape index (κ2) is 14.6. The van der Waals surface area contributed by atoms with Crippen molar-refractivity contribution in [3.63, 3.8) is 0 Å². The average Bonchev–Trinajstić information content (AvgIpc) is 3.70. The Morgan fingerprint density at radius 3 is 1.58 bits per heavy atom. The van der Waals surface area contributed by atoms with Crippen LogP contribution in [-0.4, -0.2) is 0 Å². The van der Waals surface area contributed by atoms with Gasteiger partial charge in [0.1, 0.15) is 0 Å². The zero-order valence-electron chi connectivity index (χ0n) is 35.7. The van der Waals surface area contributed by atoms with Crippen LogP contribution in [0, 0.1) is 0 Å². The van der Waals surface area contributed by atoms with E-state index >= 15 is 0 Å². The maximum atomic E-state index is 3.91. The highest BCUT2D eigenvalue weighted by Crippen LogP contribution is 2.63. The highest BCUT2D eigenvalue weighted by atomic mass is 15.1.